The Hall–Kier alpha value is -1.92. The van der Waals surface area contributed by atoms with Gasteiger partial charge < -0.3 is 5.73 Å². The summed E-state index contributed by atoms with van der Waals surface area (Å²) in [6.07, 6.45) is 0. The van der Waals surface area contributed by atoms with Gasteiger partial charge in [-0.3, -0.25) is 4.57 Å². The minimum atomic E-state index is 0.448. The molecule has 0 radical (unpaired) electrons. The number of aryl methyl sites for hydroxylation is 1. The van der Waals surface area contributed by atoms with E-state index in [1.165, 1.54) is 0 Å². The van der Waals surface area contributed by atoms with Crippen LogP contribution in [0, 0.1) is 32.1 Å². The van der Waals surface area contributed by atoms with Crippen LogP contribution in [0.3, 0.4) is 0 Å². The van der Waals surface area contributed by atoms with Crippen molar-refractivity contribution in [1.82, 2.24) is 4.57 Å². The number of nitriles is 1. The van der Waals surface area contributed by atoms with Crippen molar-refractivity contribution in [2.24, 2.45) is 0 Å². The Balaban J connectivity index is 2.86. The lowest BCUT2D eigenvalue weighted by Crippen LogP contribution is -2.05. The van der Waals surface area contributed by atoms with Crippen LogP contribution in [-0.4, -0.2) is 4.57 Å². The van der Waals surface area contributed by atoms with Crippen molar-refractivity contribution < 1.29 is 0 Å². The van der Waals surface area contributed by atoms with Crippen LogP contribution in [0.25, 0.3) is 5.69 Å². The molecule has 0 amide bonds. The fourth-order valence-electron chi connectivity index (χ4n) is 2.17. The zero-order valence-corrected chi connectivity index (χ0v) is 11.3. The van der Waals surface area contributed by atoms with Crippen molar-refractivity contribution in [1.29, 1.82) is 5.26 Å². The first-order valence-electron chi connectivity index (χ1n) is 5.62. The fourth-order valence-corrected chi connectivity index (χ4v) is 2.48. The van der Waals surface area contributed by atoms with E-state index in [2.05, 4.69) is 6.07 Å². The molecule has 0 saturated heterocycles. The Morgan fingerprint density at radius 2 is 1.94 bits per heavy atom. The number of rotatable bonds is 1. The molecule has 4 heteroatoms. The zero-order chi connectivity index (χ0) is 13.4. The molecule has 3 nitrogen and oxygen atoms in total. The van der Waals surface area contributed by atoms with Gasteiger partial charge in [0.05, 0.1) is 16.3 Å². The van der Waals surface area contributed by atoms with Gasteiger partial charge in [0, 0.05) is 5.69 Å². The van der Waals surface area contributed by atoms with E-state index < -0.39 is 0 Å². The van der Waals surface area contributed by atoms with Crippen molar-refractivity contribution in [2.45, 2.75) is 20.8 Å². The Morgan fingerprint density at radius 3 is 2.44 bits per heavy atom. The molecule has 0 aliphatic rings. The van der Waals surface area contributed by atoms with E-state index in [0.717, 1.165) is 22.5 Å². The highest BCUT2D eigenvalue weighted by Crippen LogP contribution is 2.32. The van der Waals surface area contributed by atoms with E-state index in [0.29, 0.717) is 16.4 Å². The van der Waals surface area contributed by atoms with Crippen LogP contribution >= 0.6 is 11.6 Å². The minimum absolute atomic E-state index is 0.448. The molecule has 0 fully saturated rings. The Labute approximate surface area is 111 Å². The summed E-state index contributed by atoms with van der Waals surface area (Å²) in [4.78, 5) is 0. The molecule has 0 saturated carbocycles. The van der Waals surface area contributed by atoms with Gasteiger partial charge >= 0.3 is 0 Å². The van der Waals surface area contributed by atoms with Crippen LogP contribution < -0.4 is 5.73 Å². The average Bonchev–Trinajstić information content (AvgIpc) is 2.53. The third-order valence-corrected chi connectivity index (χ3v) is 3.58. The van der Waals surface area contributed by atoms with Crippen molar-refractivity contribution >= 4 is 17.4 Å². The van der Waals surface area contributed by atoms with Crippen LogP contribution in [-0.2, 0) is 0 Å². The van der Waals surface area contributed by atoms with E-state index in [1.54, 1.807) is 0 Å². The normalized spacial score (nSPS) is 10.4. The number of benzene rings is 1. The second-order valence-corrected chi connectivity index (χ2v) is 4.73. The lowest BCUT2D eigenvalue weighted by molar-refractivity contribution is 1.00. The first kappa shape index (κ1) is 12.5. The maximum absolute atomic E-state index is 9.15. The highest BCUT2D eigenvalue weighted by molar-refractivity contribution is 6.32. The summed E-state index contributed by atoms with van der Waals surface area (Å²) in [6.45, 7) is 5.81. The Bertz CT molecular complexity index is 642. The lowest BCUT2D eigenvalue weighted by atomic mass is 10.2. The molecule has 0 unspecified atom stereocenters. The first-order valence-corrected chi connectivity index (χ1v) is 5.99. The van der Waals surface area contributed by atoms with Gasteiger partial charge in [-0.2, -0.15) is 5.26 Å². The Kier molecular flexibility index (Phi) is 3.06. The number of anilines is 1. The van der Waals surface area contributed by atoms with Crippen molar-refractivity contribution in [3.05, 3.63) is 45.6 Å². The van der Waals surface area contributed by atoms with E-state index in [1.807, 2.05) is 43.5 Å². The predicted octanol–water partition coefficient (Wildman–Crippen LogP) is 3.51. The zero-order valence-electron chi connectivity index (χ0n) is 10.6. The second kappa shape index (κ2) is 4.40. The van der Waals surface area contributed by atoms with Crippen LogP contribution in [0.2, 0.25) is 5.02 Å². The molecule has 0 spiro atoms. The highest BCUT2D eigenvalue weighted by Gasteiger charge is 2.18. The number of hydrogen-bond acceptors (Lipinski definition) is 2. The quantitative estimate of drug-likeness (QED) is 0.852. The van der Waals surface area contributed by atoms with E-state index in [9.17, 15) is 0 Å². The molecule has 2 aromatic rings. The molecule has 18 heavy (non-hydrogen) atoms. The SMILES string of the molecule is Cc1cccc(Cl)c1-n1c(C)c(C)c(C#N)c1N. The van der Waals surface area contributed by atoms with Gasteiger partial charge in [0.2, 0.25) is 0 Å². The largest absolute Gasteiger partial charge is 0.384 e. The van der Waals surface area contributed by atoms with Gasteiger partial charge in [-0.15, -0.1) is 0 Å². The molecule has 1 heterocycles. The van der Waals surface area contributed by atoms with Crippen LogP contribution in [0.15, 0.2) is 18.2 Å². The second-order valence-electron chi connectivity index (χ2n) is 4.32. The molecule has 92 valence electrons. The summed E-state index contributed by atoms with van der Waals surface area (Å²) in [7, 11) is 0. The third-order valence-electron chi connectivity index (χ3n) is 3.27. The van der Waals surface area contributed by atoms with Crippen molar-refractivity contribution in [2.75, 3.05) is 5.73 Å². The van der Waals surface area contributed by atoms with Crippen molar-refractivity contribution in [3.63, 3.8) is 0 Å². The molecule has 1 aromatic carbocycles. The van der Waals surface area contributed by atoms with Crippen LogP contribution in [0.5, 0.6) is 0 Å². The summed E-state index contributed by atoms with van der Waals surface area (Å²) < 4.78 is 1.85. The number of nitrogens with zero attached hydrogens (tertiary/aromatic N) is 2. The number of aromatic nitrogens is 1. The van der Waals surface area contributed by atoms with Crippen molar-refractivity contribution in [3.8, 4) is 11.8 Å². The summed E-state index contributed by atoms with van der Waals surface area (Å²) in [5.41, 5.74) is 10.3. The van der Waals surface area contributed by atoms with Crippen LogP contribution in [0.4, 0.5) is 5.82 Å². The van der Waals surface area contributed by atoms with E-state index in [-0.39, 0.29) is 0 Å². The maximum Gasteiger partial charge on any atom is 0.126 e. The standard InChI is InChI=1S/C14H14ClN3/c1-8-5-4-6-12(15)13(8)18-10(3)9(2)11(7-16)14(18)17/h4-6H,17H2,1-3H3. The molecule has 1 aromatic heterocycles. The summed E-state index contributed by atoms with van der Waals surface area (Å²) in [6, 6.07) is 7.84. The first-order chi connectivity index (χ1) is 8.49. The van der Waals surface area contributed by atoms with Gasteiger partial charge in [-0.25, -0.2) is 0 Å². The van der Waals surface area contributed by atoms with Crippen LogP contribution in [0.1, 0.15) is 22.4 Å². The summed E-state index contributed by atoms with van der Waals surface area (Å²) in [5.74, 6) is 0.448. The number of nitrogen functional groups attached to an aromatic ring is 1. The van der Waals surface area contributed by atoms with Gasteiger partial charge in [0.25, 0.3) is 0 Å². The maximum atomic E-state index is 9.15. The predicted molar refractivity (Wildman–Crippen MR) is 74.1 cm³/mol. The third kappa shape index (κ3) is 1.66. The molecular formula is C14H14ClN3. The van der Waals surface area contributed by atoms with E-state index in [4.69, 9.17) is 22.6 Å². The molecule has 2 rings (SSSR count). The summed E-state index contributed by atoms with van der Waals surface area (Å²) in [5, 5.41) is 9.78. The smallest absolute Gasteiger partial charge is 0.126 e. The molecule has 2 N–H and O–H groups in total. The molecule has 0 aliphatic heterocycles. The van der Waals surface area contributed by atoms with Gasteiger partial charge in [0.1, 0.15) is 11.9 Å². The Morgan fingerprint density at radius 1 is 1.28 bits per heavy atom. The number of hydrogen-bond donors (Lipinski definition) is 1. The number of nitrogens with two attached hydrogens (primary N) is 1. The minimum Gasteiger partial charge on any atom is -0.384 e. The molecule has 0 aliphatic carbocycles. The monoisotopic (exact) mass is 259 g/mol. The summed E-state index contributed by atoms with van der Waals surface area (Å²) >= 11 is 6.25. The van der Waals surface area contributed by atoms with Gasteiger partial charge in [0.15, 0.2) is 0 Å². The molecule has 0 bridgehead atoms. The molecule has 0 atom stereocenters. The highest BCUT2D eigenvalue weighted by atomic mass is 35.5. The number of halogens is 1. The fraction of sp³-hybridized carbons (Fsp3) is 0.214. The average molecular weight is 260 g/mol. The lowest BCUT2D eigenvalue weighted by Gasteiger charge is -2.14. The number of para-hydroxylation sites is 1. The topological polar surface area (TPSA) is 54.7 Å². The molecular weight excluding hydrogens is 246 g/mol. The van der Waals surface area contributed by atoms with Gasteiger partial charge in [-0.05, 0) is 38.0 Å². The van der Waals surface area contributed by atoms with E-state index >= 15 is 0 Å². The van der Waals surface area contributed by atoms with Gasteiger partial charge in [-0.1, -0.05) is 23.7 Å².